The molecular formula is C20H18ClF3N4O4. The molecule has 1 aromatic carbocycles. The molecule has 2 atom stereocenters. The van der Waals surface area contributed by atoms with E-state index >= 15 is 0 Å². The Morgan fingerprint density at radius 3 is 2.66 bits per heavy atom. The molecular weight excluding hydrogens is 453 g/mol. The van der Waals surface area contributed by atoms with Crippen molar-refractivity contribution in [1.29, 1.82) is 0 Å². The molecule has 0 radical (unpaired) electrons. The first-order chi connectivity index (χ1) is 15.2. The lowest BCUT2D eigenvalue weighted by molar-refractivity contribution is -0.174. The van der Waals surface area contributed by atoms with Gasteiger partial charge in [-0.2, -0.15) is 18.3 Å². The Labute approximate surface area is 185 Å². The molecule has 2 N–H and O–H groups in total. The van der Waals surface area contributed by atoms with Gasteiger partial charge in [-0.3, -0.25) is 4.79 Å². The third-order valence-electron chi connectivity index (χ3n) is 5.03. The molecule has 3 heterocycles. The number of benzene rings is 1. The van der Waals surface area contributed by atoms with Crippen molar-refractivity contribution in [2.45, 2.75) is 24.7 Å². The molecule has 2 aromatic heterocycles. The molecule has 0 aliphatic carbocycles. The quantitative estimate of drug-likeness (QED) is 0.541. The van der Waals surface area contributed by atoms with Gasteiger partial charge in [0.2, 0.25) is 0 Å². The number of carbonyl (C=O) groups is 1. The van der Waals surface area contributed by atoms with E-state index in [2.05, 4.69) is 15.7 Å². The topological polar surface area (TPSA) is 90.5 Å². The lowest BCUT2D eigenvalue weighted by Crippen LogP contribution is -2.35. The number of alkyl halides is 3. The van der Waals surface area contributed by atoms with E-state index in [0.29, 0.717) is 5.76 Å². The smallest absolute Gasteiger partial charge is 0.410 e. The summed E-state index contributed by atoms with van der Waals surface area (Å²) in [6.07, 6.45) is -3.53. The summed E-state index contributed by atoms with van der Waals surface area (Å²) in [5, 5.41) is 9.71. The summed E-state index contributed by atoms with van der Waals surface area (Å²) in [6, 6.07) is 4.67. The number of halogens is 4. The molecule has 4 rings (SSSR count). The molecule has 8 nitrogen and oxygen atoms in total. The number of aromatic nitrogens is 2. The van der Waals surface area contributed by atoms with Crippen molar-refractivity contribution in [2.75, 3.05) is 24.9 Å². The van der Waals surface area contributed by atoms with Gasteiger partial charge in [-0.25, -0.2) is 4.68 Å². The van der Waals surface area contributed by atoms with Crippen LogP contribution in [0, 0.1) is 0 Å². The Morgan fingerprint density at radius 2 is 2.03 bits per heavy atom. The number of rotatable bonds is 5. The minimum absolute atomic E-state index is 0.0470. The summed E-state index contributed by atoms with van der Waals surface area (Å²) in [5.41, 5.74) is 0.0105. The van der Waals surface area contributed by atoms with Crippen molar-refractivity contribution < 1.29 is 31.9 Å². The highest BCUT2D eigenvalue weighted by molar-refractivity contribution is 6.32. The normalized spacial score (nSPS) is 17.9. The maximum absolute atomic E-state index is 13.7. The maximum atomic E-state index is 13.7. The van der Waals surface area contributed by atoms with Gasteiger partial charge in [-0.1, -0.05) is 11.6 Å². The number of carbonyl (C=O) groups excluding carboxylic acids is 1. The Morgan fingerprint density at radius 1 is 1.28 bits per heavy atom. The van der Waals surface area contributed by atoms with Crippen LogP contribution in [-0.2, 0) is 0 Å². The summed E-state index contributed by atoms with van der Waals surface area (Å²) >= 11 is 6.06. The predicted molar refractivity (Wildman–Crippen MR) is 110 cm³/mol. The Kier molecular flexibility index (Phi) is 5.68. The van der Waals surface area contributed by atoms with Crippen LogP contribution in [0.1, 0.15) is 34.8 Å². The Balaban J connectivity index is 1.65. The fraction of sp³-hybridized carbons (Fsp3) is 0.300. The lowest BCUT2D eigenvalue weighted by Gasteiger charge is -2.32. The Bertz CT molecular complexity index is 1130. The number of nitrogens with zero attached hydrogens (tertiary/aromatic N) is 2. The number of ether oxygens (including phenoxy) is 2. The number of hydrogen-bond acceptors (Lipinski definition) is 6. The van der Waals surface area contributed by atoms with Gasteiger partial charge in [0.1, 0.15) is 23.1 Å². The van der Waals surface area contributed by atoms with Crippen molar-refractivity contribution in [3.8, 4) is 11.5 Å². The number of hydrogen-bond donors (Lipinski definition) is 2. The molecule has 0 saturated heterocycles. The van der Waals surface area contributed by atoms with E-state index in [-0.39, 0.29) is 40.1 Å². The number of nitrogens with one attached hydrogen (secondary N) is 2. The second-order valence-electron chi connectivity index (χ2n) is 7.01. The molecule has 0 spiro atoms. The van der Waals surface area contributed by atoms with Gasteiger partial charge in [-0.15, -0.1) is 0 Å². The maximum Gasteiger partial charge on any atom is 0.410 e. The van der Waals surface area contributed by atoms with Gasteiger partial charge in [-0.05, 0) is 12.1 Å². The van der Waals surface area contributed by atoms with Crippen molar-refractivity contribution in [3.05, 3.63) is 53.1 Å². The van der Waals surface area contributed by atoms with E-state index in [1.165, 1.54) is 38.7 Å². The SMILES string of the molecule is COc1cc(NC(=O)c2cc3n(n2)[C@@H](C(F)(F)F)C[C@H](c2ccco2)N3)c(OC)cc1Cl. The molecule has 32 heavy (non-hydrogen) atoms. The first-order valence-electron chi connectivity index (χ1n) is 9.40. The minimum Gasteiger partial charge on any atom is -0.495 e. The van der Waals surface area contributed by atoms with Crippen molar-refractivity contribution in [3.63, 3.8) is 0 Å². The summed E-state index contributed by atoms with van der Waals surface area (Å²) in [4.78, 5) is 12.8. The fourth-order valence-electron chi connectivity index (χ4n) is 3.50. The van der Waals surface area contributed by atoms with Crippen LogP contribution in [0.5, 0.6) is 11.5 Å². The van der Waals surface area contributed by atoms with Crippen LogP contribution in [-0.4, -0.2) is 36.1 Å². The molecule has 0 unspecified atom stereocenters. The van der Waals surface area contributed by atoms with E-state index in [0.717, 1.165) is 4.68 Å². The van der Waals surface area contributed by atoms with Gasteiger partial charge >= 0.3 is 6.18 Å². The highest BCUT2D eigenvalue weighted by Crippen LogP contribution is 2.44. The molecule has 0 fully saturated rings. The molecule has 1 aliphatic rings. The molecule has 1 amide bonds. The molecule has 170 valence electrons. The van der Waals surface area contributed by atoms with Crippen LogP contribution < -0.4 is 20.1 Å². The second kappa shape index (κ2) is 8.30. The van der Waals surface area contributed by atoms with E-state index in [9.17, 15) is 18.0 Å². The van der Waals surface area contributed by atoms with Crippen LogP contribution in [0.3, 0.4) is 0 Å². The van der Waals surface area contributed by atoms with E-state index in [1.807, 2.05) is 0 Å². The molecule has 3 aromatic rings. The summed E-state index contributed by atoms with van der Waals surface area (Å²) < 4.78 is 57.6. The number of anilines is 2. The molecule has 1 aliphatic heterocycles. The van der Waals surface area contributed by atoms with Crippen LogP contribution >= 0.6 is 11.6 Å². The monoisotopic (exact) mass is 470 g/mol. The summed E-state index contributed by atoms with van der Waals surface area (Å²) in [5.74, 6) is 0.206. The molecule has 12 heteroatoms. The standard InChI is InChI=1S/C20H18ClF3N4O4/c1-30-15-7-11(16(31-2)6-10(15)21)26-19(29)13-9-18-25-12(14-4-3-5-32-14)8-17(20(22,23)24)28(18)27-13/h3-7,9,12,17,25H,8H2,1-2H3,(H,26,29)/t12-,17-/m1/s1. The van der Waals surface area contributed by atoms with Gasteiger partial charge in [0.05, 0.1) is 37.2 Å². The zero-order valence-electron chi connectivity index (χ0n) is 16.9. The van der Waals surface area contributed by atoms with Crippen molar-refractivity contribution >= 4 is 29.0 Å². The number of amides is 1. The van der Waals surface area contributed by atoms with Crippen molar-refractivity contribution in [2.24, 2.45) is 0 Å². The van der Waals surface area contributed by atoms with Crippen LogP contribution in [0.25, 0.3) is 0 Å². The predicted octanol–water partition coefficient (Wildman–Crippen LogP) is 5.06. The van der Waals surface area contributed by atoms with Gasteiger partial charge in [0.15, 0.2) is 11.7 Å². The number of methoxy groups -OCH3 is 2. The summed E-state index contributed by atoms with van der Waals surface area (Å²) in [7, 11) is 2.79. The number of furan rings is 1. The largest absolute Gasteiger partial charge is 0.495 e. The fourth-order valence-corrected chi connectivity index (χ4v) is 3.74. The highest BCUT2D eigenvalue weighted by atomic mass is 35.5. The molecule has 0 saturated carbocycles. The van der Waals surface area contributed by atoms with Crippen LogP contribution in [0.4, 0.5) is 24.7 Å². The average Bonchev–Trinajstić information content (AvgIpc) is 3.42. The van der Waals surface area contributed by atoms with Gasteiger partial charge in [0, 0.05) is 24.6 Å². The summed E-state index contributed by atoms with van der Waals surface area (Å²) in [6.45, 7) is 0. The minimum atomic E-state index is -4.58. The zero-order valence-corrected chi connectivity index (χ0v) is 17.6. The van der Waals surface area contributed by atoms with Gasteiger partial charge in [0.25, 0.3) is 5.91 Å². The number of fused-ring (bicyclic) bond motifs is 1. The highest BCUT2D eigenvalue weighted by Gasteiger charge is 2.47. The third-order valence-corrected chi connectivity index (χ3v) is 5.33. The van der Waals surface area contributed by atoms with E-state index in [1.54, 1.807) is 12.1 Å². The van der Waals surface area contributed by atoms with Crippen LogP contribution in [0.2, 0.25) is 5.02 Å². The van der Waals surface area contributed by atoms with E-state index in [4.69, 9.17) is 25.5 Å². The van der Waals surface area contributed by atoms with Gasteiger partial charge < -0.3 is 24.5 Å². The average molecular weight is 471 g/mol. The Hall–Kier alpha value is -3.34. The first kappa shape index (κ1) is 21.9. The van der Waals surface area contributed by atoms with Crippen molar-refractivity contribution in [1.82, 2.24) is 9.78 Å². The first-order valence-corrected chi connectivity index (χ1v) is 9.78. The lowest BCUT2D eigenvalue weighted by atomic mass is 10.0. The second-order valence-corrected chi connectivity index (χ2v) is 7.41. The van der Waals surface area contributed by atoms with Crippen LogP contribution in [0.15, 0.2) is 41.0 Å². The van der Waals surface area contributed by atoms with E-state index < -0.39 is 24.2 Å². The molecule has 0 bridgehead atoms. The third kappa shape index (κ3) is 4.07. The zero-order chi connectivity index (χ0) is 23.0.